The van der Waals surface area contributed by atoms with Gasteiger partial charge in [-0.1, -0.05) is 6.92 Å². The second kappa shape index (κ2) is 6.25. The van der Waals surface area contributed by atoms with Gasteiger partial charge in [-0.05, 0) is 25.0 Å². The van der Waals surface area contributed by atoms with Crippen molar-refractivity contribution in [1.82, 2.24) is 19.5 Å². The van der Waals surface area contributed by atoms with Crippen LogP contribution in [0.3, 0.4) is 0 Å². The normalized spacial score (nSPS) is 11.5. The van der Waals surface area contributed by atoms with Crippen molar-refractivity contribution in [2.24, 2.45) is 5.90 Å². The molecule has 7 nitrogen and oxygen atoms in total. The molecular formula is C15H20N6O. The topological polar surface area (TPSA) is 105 Å². The summed E-state index contributed by atoms with van der Waals surface area (Å²) in [5, 5.41) is 0. The number of nitrogen functional groups attached to an aromatic ring is 1. The van der Waals surface area contributed by atoms with Crippen LogP contribution in [0.4, 0.5) is 5.82 Å². The first-order valence-corrected chi connectivity index (χ1v) is 7.47. The molecule has 3 rings (SSSR count). The van der Waals surface area contributed by atoms with Crippen molar-refractivity contribution in [2.75, 3.05) is 12.3 Å². The van der Waals surface area contributed by atoms with Crippen molar-refractivity contribution in [1.29, 1.82) is 0 Å². The zero-order valence-electron chi connectivity index (χ0n) is 12.6. The molecule has 4 N–H and O–H groups in total. The van der Waals surface area contributed by atoms with Gasteiger partial charge in [-0.15, -0.1) is 0 Å². The Kier molecular flexibility index (Phi) is 4.17. The van der Waals surface area contributed by atoms with Crippen molar-refractivity contribution >= 4 is 27.9 Å². The highest BCUT2D eigenvalue weighted by molar-refractivity contribution is 6.04. The lowest BCUT2D eigenvalue weighted by molar-refractivity contribution is 0.132. The number of anilines is 1. The fourth-order valence-corrected chi connectivity index (χ4v) is 2.73. The van der Waals surface area contributed by atoms with Crippen molar-refractivity contribution in [3.8, 4) is 0 Å². The summed E-state index contributed by atoms with van der Waals surface area (Å²) in [6.45, 7) is 3.39. The zero-order valence-corrected chi connectivity index (χ0v) is 12.6. The first-order valence-electron chi connectivity index (χ1n) is 7.47. The van der Waals surface area contributed by atoms with Crippen LogP contribution in [0, 0.1) is 0 Å². The maximum Gasteiger partial charge on any atom is 0.152 e. The van der Waals surface area contributed by atoms with E-state index in [4.69, 9.17) is 16.6 Å². The van der Waals surface area contributed by atoms with Crippen molar-refractivity contribution < 1.29 is 4.84 Å². The van der Waals surface area contributed by atoms with Crippen LogP contribution in [-0.4, -0.2) is 26.1 Å². The summed E-state index contributed by atoms with van der Waals surface area (Å²) in [6.07, 6.45) is 4.45. The molecule has 0 saturated carbocycles. The molecule has 0 bridgehead atoms. The molecule has 0 atom stereocenters. The van der Waals surface area contributed by atoms with Crippen LogP contribution >= 0.6 is 0 Å². The zero-order chi connectivity index (χ0) is 15.5. The molecule has 0 aromatic carbocycles. The Morgan fingerprint density at radius 1 is 1.27 bits per heavy atom. The number of fused-ring (bicyclic) bond motifs is 3. The number of pyridine rings is 2. The van der Waals surface area contributed by atoms with E-state index in [1.807, 2.05) is 12.1 Å². The lowest BCUT2D eigenvalue weighted by Gasteiger charge is -2.09. The van der Waals surface area contributed by atoms with Crippen LogP contribution in [0.25, 0.3) is 22.1 Å². The summed E-state index contributed by atoms with van der Waals surface area (Å²) in [5.74, 6) is 6.57. The number of rotatable bonds is 6. The standard InChI is InChI=1S/C15H20N6O/c1-2-5-11-20-13-14(21(11)8-4-9-22-17)12-10(19-15(13)16)6-3-7-18-12/h3,6-7H,2,4-5,8-9,17H2,1H3,(H2,16,19). The first-order chi connectivity index (χ1) is 10.8. The van der Waals surface area contributed by atoms with Crippen LogP contribution in [0.2, 0.25) is 0 Å². The molecule has 116 valence electrons. The van der Waals surface area contributed by atoms with Crippen LogP contribution < -0.4 is 11.6 Å². The number of imidazole rings is 1. The van der Waals surface area contributed by atoms with E-state index >= 15 is 0 Å². The fraction of sp³-hybridized carbons (Fsp3) is 0.400. The summed E-state index contributed by atoms with van der Waals surface area (Å²) in [7, 11) is 0. The summed E-state index contributed by atoms with van der Waals surface area (Å²) in [5.41, 5.74) is 9.38. The average molecular weight is 300 g/mol. The Morgan fingerprint density at radius 3 is 2.91 bits per heavy atom. The van der Waals surface area contributed by atoms with Crippen LogP contribution in [-0.2, 0) is 17.8 Å². The van der Waals surface area contributed by atoms with Crippen molar-refractivity contribution in [3.63, 3.8) is 0 Å². The van der Waals surface area contributed by atoms with Gasteiger partial charge in [0.1, 0.15) is 22.4 Å². The minimum absolute atomic E-state index is 0.446. The third kappa shape index (κ3) is 2.49. The highest BCUT2D eigenvalue weighted by Crippen LogP contribution is 2.28. The van der Waals surface area contributed by atoms with Gasteiger partial charge in [0, 0.05) is 19.2 Å². The summed E-state index contributed by atoms with van der Waals surface area (Å²) < 4.78 is 2.17. The smallest absolute Gasteiger partial charge is 0.152 e. The Balaban J connectivity index is 2.24. The predicted molar refractivity (Wildman–Crippen MR) is 86.0 cm³/mol. The Hall–Kier alpha value is -2.25. The molecule has 0 saturated heterocycles. The Morgan fingerprint density at radius 2 is 2.14 bits per heavy atom. The van der Waals surface area contributed by atoms with E-state index in [9.17, 15) is 0 Å². The lowest BCUT2D eigenvalue weighted by atomic mass is 10.2. The van der Waals surface area contributed by atoms with E-state index in [1.165, 1.54) is 0 Å². The van der Waals surface area contributed by atoms with E-state index in [2.05, 4.69) is 26.3 Å². The third-order valence-corrected chi connectivity index (χ3v) is 3.66. The van der Waals surface area contributed by atoms with Gasteiger partial charge in [-0.3, -0.25) is 4.98 Å². The highest BCUT2D eigenvalue weighted by atomic mass is 16.6. The number of hydrogen-bond acceptors (Lipinski definition) is 6. The third-order valence-electron chi connectivity index (χ3n) is 3.66. The second-order valence-corrected chi connectivity index (χ2v) is 5.22. The molecule has 0 spiro atoms. The molecular weight excluding hydrogens is 280 g/mol. The molecule has 0 fully saturated rings. The minimum Gasteiger partial charge on any atom is -0.382 e. The lowest BCUT2D eigenvalue weighted by Crippen LogP contribution is -2.09. The molecule has 0 radical (unpaired) electrons. The summed E-state index contributed by atoms with van der Waals surface area (Å²) >= 11 is 0. The summed E-state index contributed by atoms with van der Waals surface area (Å²) in [4.78, 5) is 18.3. The Bertz CT molecular complexity index is 797. The van der Waals surface area contributed by atoms with Crippen molar-refractivity contribution in [2.45, 2.75) is 32.7 Å². The van der Waals surface area contributed by atoms with Gasteiger partial charge in [0.25, 0.3) is 0 Å². The highest BCUT2D eigenvalue weighted by Gasteiger charge is 2.17. The maximum atomic E-state index is 6.10. The minimum atomic E-state index is 0.446. The number of aromatic nitrogens is 4. The van der Waals surface area contributed by atoms with Gasteiger partial charge in [-0.2, -0.15) is 0 Å². The number of nitrogens with zero attached hydrogens (tertiary/aromatic N) is 4. The van der Waals surface area contributed by atoms with E-state index in [0.29, 0.717) is 12.4 Å². The van der Waals surface area contributed by atoms with E-state index in [1.54, 1.807) is 6.20 Å². The monoisotopic (exact) mass is 300 g/mol. The van der Waals surface area contributed by atoms with Crippen LogP contribution in [0.15, 0.2) is 18.3 Å². The summed E-state index contributed by atoms with van der Waals surface area (Å²) in [6, 6.07) is 3.77. The van der Waals surface area contributed by atoms with Crippen molar-refractivity contribution in [3.05, 3.63) is 24.2 Å². The van der Waals surface area contributed by atoms with E-state index < -0.39 is 0 Å². The molecule has 7 heteroatoms. The van der Waals surface area contributed by atoms with E-state index in [0.717, 1.165) is 53.7 Å². The number of hydrogen-bond donors (Lipinski definition) is 2. The molecule has 0 unspecified atom stereocenters. The molecule has 0 aliphatic rings. The Labute approximate surface area is 128 Å². The molecule has 0 aliphatic heterocycles. The van der Waals surface area contributed by atoms with Gasteiger partial charge >= 0.3 is 0 Å². The van der Waals surface area contributed by atoms with Gasteiger partial charge < -0.3 is 15.1 Å². The molecule has 3 aromatic rings. The molecule has 3 heterocycles. The average Bonchev–Trinajstić information content (AvgIpc) is 2.88. The molecule has 3 aromatic heterocycles. The molecule has 22 heavy (non-hydrogen) atoms. The number of nitrogens with two attached hydrogens (primary N) is 2. The van der Waals surface area contributed by atoms with Gasteiger partial charge in [0.15, 0.2) is 5.82 Å². The fourth-order valence-electron chi connectivity index (χ4n) is 2.73. The SMILES string of the molecule is CCCc1nc2c(N)nc3cccnc3c2n1CCCON. The number of aryl methyl sites for hydroxylation is 2. The van der Waals surface area contributed by atoms with Crippen LogP contribution in [0.5, 0.6) is 0 Å². The van der Waals surface area contributed by atoms with Gasteiger partial charge in [0.05, 0.1) is 12.1 Å². The van der Waals surface area contributed by atoms with Crippen LogP contribution in [0.1, 0.15) is 25.6 Å². The largest absolute Gasteiger partial charge is 0.382 e. The molecule has 0 aliphatic carbocycles. The van der Waals surface area contributed by atoms with E-state index in [-0.39, 0.29) is 0 Å². The maximum absolute atomic E-state index is 6.10. The predicted octanol–water partition coefficient (Wildman–Crippen LogP) is 1.79. The van der Waals surface area contributed by atoms with Gasteiger partial charge in [-0.25, -0.2) is 15.9 Å². The molecule has 0 amide bonds. The quantitative estimate of drug-likeness (QED) is 0.531. The second-order valence-electron chi connectivity index (χ2n) is 5.22. The van der Waals surface area contributed by atoms with Gasteiger partial charge in [0.2, 0.25) is 0 Å². The first kappa shape index (κ1) is 14.7.